The SMILES string of the molecule is Cc1csc(CC(=O)C2CSCCO2)n1. The van der Waals surface area contributed by atoms with Crippen LogP contribution in [0.5, 0.6) is 0 Å². The van der Waals surface area contributed by atoms with E-state index in [1.807, 2.05) is 12.3 Å². The van der Waals surface area contributed by atoms with Crippen LogP contribution in [0.4, 0.5) is 0 Å². The number of thiazole rings is 1. The van der Waals surface area contributed by atoms with Gasteiger partial charge in [-0.2, -0.15) is 11.8 Å². The number of ether oxygens (including phenoxy) is 1. The Hall–Kier alpha value is -0.390. The van der Waals surface area contributed by atoms with Crippen LogP contribution in [0.3, 0.4) is 0 Å². The second-order valence-corrected chi connectivity index (χ2v) is 5.55. The molecular formula is C10H13NO2S2. The predicted molar refractivity (Wildman–Crippen MR) is 62.6 cm³/mol. The first kappa shape index (κ1) is 11.1. The molecule has 0 N–H and O–H groups in total. The standard InChI is InChI=1S/C10H13NO2S2/c1-7-5-15-10(11-7)4-8(12)9-6-14-3-2-13-9/h5,9H,2-4,6H2,1H3. The summed E-state index contributed by atoms with van der Waals surface area (Å²) in [5.74, 6) is 1.96. The van der Waals surface area contributed by atoms with Gasteiger partial charge in [-0.25, -0.2) is 4.98 Å². The van der Waals surface area contributed by atoms with Crippen molar-refractivity contribution >= 4 is 28.9 Å². The first-order valence-electron chi connectivity index (χ1n) is 4.89. The molecular weight excluding hydrogens is 230 g/mol. The van der Waals surface area contributed by atoms with Crippen molar-refractivity contribution in [1.82, 2.24) is 4.98 Å². The number of carbonyl (C=O) groups is 1. The molecule has 1 aromatic rings. The molecule has 0 aliphatic carbocycles. The van der Waals surface area contributed by atoms with Crippen LogP contribution < -0.4 is 0 Å². The van der Waals surface area contributed by atoms with Gasteiger partial charge in [0.1, 0.15) is 11.1 Å². The molecule has 1 aromatic heterocycles. The van der Waals surface area contributed by atoms with E-state index in [-0.39, 0.29) is 11.9 Å². The van der Waals surface area contributed by atoms with Gasteiger partial charge in [0.25, 0.3) is 0 Å². The molecule has 1 saturated heterocycles. The topological polar surface area (TPSA) is 39.2 Å². The molecule has 15 heavy (non-hydrogen) atoms. The van der Waals surface area contributed by atoms with E-state index in [2.05, 4.69) is 4.98 Å². The van der Waals surface area contributed by atoms with Crippen molar-refractivity contribution in [3.8, 4) is 0 Å². The summed E-state index contributed by atoms with van der Waals surface area (Å²) in [6, 6.07) is 0. The van der Waals surface area contributed by atoms with Crippen LogP contribution in [0, 0.1) is 6.92 Å². The van der Waals surface area contributed by atoms with E-state index >= 15 is 0 Å². The van der Waals surface area contributed by atoms with E-state index in [0.717, 1.165) is 22.2 Å². The van der Waals surface area contributed by atoms with Crippen LogP contribution in [0.25, 0.3) is 0 Å². The smallest absolute Gasteiger partial charge is 0.169 e. The Morgan fingerprint density at radius 2 is 2.60 bits per heavy atom. The van der Waals surface area contributed by atoms with Crippen molar-refractivity contribution in [2.75, 3.05) is 18.1 Å². The minimum absolute atomic E-state index is 0.163. The fraction of sp³-hybridized carbons (Fsp3) is 0.600. The second-order valence-electron chi connectivity index (χ2n) is 3.46. The van der Waals surface area contributed by atoms with Gasteiger partial charge in [-0.15, -0.1) is 11.3 Å². The molecule has 5 heteroatoms. The van der Waals surface area contributed by atoms with Crippen molar-refractivity contribution in [3.63, 3.8) is 0 Å². The lowest BCUT2D eigenvalue weighted by molar-refractivity contribution is -0.128. The van der Waals surface area contributed by atoms with Crippen LogP contribution in [-0.4, -0.2) is 35.0 Å². The lowest BCUT2D eigenvalue weighted by Crippen LogP contribution is -2.32. The molecule has 1 aliphatic rings. The van der Waals surface area contributed by atoms with Crippen LogP contribution in [-0.2, 0) is 16.0 Å². The summed E-state index contributed by atoms with van der Waals surface area (Å²) in [7, 11) is 0. The van der Waals surface area contributed by atoms with Gasteiger partial charge in [0, 0.05) is 22.6 Å². The van der Waals surface area contributed by atoms with Gasteiger partial charge in [0.2, 0.25) is 0 Å². The number of rotatable bonds is 3. The van der Waals surface area contributed by atoms with Crippen LogP contribution in [0.15, 0.2) is 5.38 Å². The van der Waals surface area contributed by atoms with E-state index in [0.29, 0.717) is 13.0 Å². The van der Waals surface area contributed by atoms with Gasteiger partial charge in [-0.3, -0.25) is 4.79 Å². The summed E-state index contributed by atoms with van der Waals surface area (Å²) in [5.41, 5.74) is 0.988. The molecule has 0 amide bonds. The molecule has 0 spiro atoms. The number of aromatic nitrogens is 1. The lowest BCUT2D eigenvalue weighted by Gasteiger charge is -2.20. The van der Waals surface area contributed by atoms with Crippen LogP contribution in [0.1, 0.15) is 10.7 Å². The normalized spacial score (nSPS) is 21.5. The number of hydrogen-bond acceptors (Lipinski definition) is 5. The summed E-state index contributed by atoms with van der Waals surface area (Å²) in [4.78, 5) is 16.1. The molecule has 2 heterocycles. The summed E-state index contributed by atoms with van der Waals surface area (Å²) in [6.45, 7) is 2.63. The van der Waals surface area contributed by atoms with E-state index in [9.17, 15) is 4.79 Å². The Morgan fingerprint density at radius 3 is 3.20 bits per heavy atom. The van der Waals surface area contributed by atoms with Gasteiger partial charge in [0.15, 0.2) is 5.78 Å². The maximum atomic E-state index is 11.8. The average Bonchev–Trinajstić information content (AvgIpc) is 2.65. The number of hydrogen-bond donors (Lipinski definition) is 0. The molecule has 0 aromatic carbocycles. The Bertz CT molecular complexity index is 345. The van der Waals surface area contributed by atoms with Gasteiger partial charge < -0.3 is 4.74 Å². The molecule has 1 atom stereocenters. The van der Waals surface area contributed by atoms with Crippen molar-refractivity contribution in [2.24, 2.45) is 0 Å². The third-order valence-corrected chi connectivity index (χ3v) is 4.13. The Kier molecular flexibility index (Phi) is 3.77. The third kappa shape index (κ3) is 3.03. The highest BCUT2D eigenvalue weighted by atomic mass is 32.2. The number of aryl methyl sites for hydroxylation is 1. The first-order valence-corrected chi connectivity index (χ1v) is 6.92. The predicted octanol–water partition coefficient (Wildman–Crippen LogP) is 1.70. The highest BCUT2D eigenvalue weighted by Crippen LogP contribution is 2.16. The zero-order valence-corrected chi connectivity index (χ0v) is 10.2. The van der Waals surface area contributed by atoms with Crippen molar-refractivity contribution in [1.29, 1.82) is 0 Å². The highest BCUT2D eigenvalue weighted by Gasteiger charge is 2.22. The summed E-state index contributed by atoms with van der Waals surface area (Å²) < 4.78 is 5.43. The van der Waals surface area contributed by atoms with Gasteiger partial charge in [-0.05, 0) is 6.92 Å². The quantitative estimate of drug-likeness (QED) is 0.810. The van der Waals surface area contributed by atoms with Gasteiger partial charge in [-0.1, -0.05) is 0 Å². The third-order valence-electron chi connectivity index (χ3n) is 2.17. The zero-order chi connectivity index (χ0) is 10.7. The molecule has 0 bridgehead atoms. The number of Topliss-reactive ketones (excluding diaryl/α,β-unsaturated/α-hetero) is 1. The summed E-state index contributed by atoms with van der Waals surface area (Å²) >= 11 is 3.33. The van der Waals surface area contributed by atoms with Crippen molar-refractivity contribution in [2.45, 2.75) is 19.4 Å². The van der Waals surface area contributed by atoms with E-state index < -0.39 is 0 Å². The largest absolute Gasteiger partial charge is 0.369 e. The average molecular weight is 243 g/mol. The minimum Gasteiger partial charge on any atom is -0.369 e. The van der Waals surface area contributed by atoms with Gasteiger partial charge in [0.05, 0.1) is 13.0 Å². The molecule has 82 valence electrons. The number of nitrogens with zero attached hydrogens (tertiary/aromatic N) is 1. The lowest BCUT2D eigenvalue weighted by atomic mass is 10.2. The fourth-order valence-corrected chi connectivity index (χ4v) is 3.08. The molecule has 0 saturated carbocycles. The molecule has 3 nitrogen and oxygen atoms in total. The maximum Gasteiger partial charge on any atom is 0.169 e. The number of carbonyl (C=O) groups excluding carboxylic acids is 1. The van der Waals surface area contributed by atoms with Crippen LogP contribution >= 0.6 is 23.1 Å². The van der Waals surface area contributed by atoms with Crippen molar-refractivity contribution in [3.05, 3.63) is 16.1 Å². The zero-order valence-electron chi connectivity index (χ0n) is 8.56. The Labute approximate surface area is 97.2 Å². The van der Waals surface area contributed by atoms with Gasteiger partial charge >= 0.3 is 0 Å². The molecule has 1 aliphatic heterocycles. The van der Waals surface area contributed by atoms with E-state index in [1.165, 1.54) is 0 Å². The second kappa shape index (κ2) is 5.09. The molecule has 1 fully saturated rings. The summed E-state index contributed by atoms with van der Waals surface area (Å²) in [6.07, 6.45) is 0.206. The molecule has 0 radical (unpaired) electrons. The summed E-state index contributed by atoms with van der Waals surface area (Å²) in [5, 5.41) is 2.87. The maximum absolute atomic E-state index is 11.8. The Balaban J connectivity index is 1.91. The molecule has 1 unspecified atom stereocenters. The molecule has 2 rings (SSSR count). The first-order chi connectivity index (χ1) is 7.25. The monoisotopic (exact) mass is 243 g/mol. The van der Waals surface area contributed by atoms with E-state index in [4.69, 9.17) is 4.74 Å². The highest BCUT2D eigenvalue weighted by molar-refractivity contribution is 7.99. The number of thioether (sulfide) groups is 1. The minimum atomic E-state index is -0.215. The van der Waals surface area contributed by atoms with E-state index in [1.54, 1.807) is 23.1 Å². The Morgan fingerprint density at radius 1 is 1.73 bits per heavy atom. The van der Waals surface area contributed by atoms with Crippen molar-refractivity contribution < 1.29 is 9.53 Å². The number of ketones is 1. The fourth-order valence-electron chi connectivity index (χ4n) is 1.42. The van der Waals surface area contributed by atoms with Crippen LogP contribution in [0.2, 0.25) is 0 Å².